The van der Waals surface area contributed by atoms with E-state index < -0.39 is 0 Å². The molecule has 0 aliphatic rings. The molecule has 0 fully saturated rings. The van der Waals surface area contributed by atoms with Gasteiger partial charge in [-0.15, -0.1) is 0 Å². The van der Waals surface area contributed by atoms with Gasteiger partial charge in [-0.25, -0.2) is 0 Å². The Hall–Kier alpha value is 0.620. The predicted molar refractivity (Wildman–Crippen MR) is 50.9 cm³/mol. The van der Waals surface area contributed by atoms with E-state index in [-0.39, 0.29) is 0 Å². The van der Waals surface area contributed by atoms with E-state index >= 15 is 0 Å². The van der Waals surface area contributed by atoms with Crippen LogP contribution in [-0.4, -0.2) is 35.6 Å². The Morgan fingerprint density at radius 1 is 1.40 bits per heavy atom. The molecule has 4 heteroatoms. The Labute approximate surface area is 72.2 Å². The van der Waals surface area contributed by atoms with Crippen LogP contribution in [0.1, 0.15) is 6.42 Å². The summed E-state index contributed by atoms with van der Waals surface area (Å²) in [6.07, 6.45) is 0.908. The SMILES string of the molecule is OCCCSCCNCS. The highest BCUT2D eigenvalue weighted by molar-refractivity contribution is 7.99. The summed E-state index contributed by atoms with van der Waals surface area (Å²) in [7, 11) is 0. The largest absolute Gasteiger partial charge is 0.396 e. The first-order chi connectivity index (χ1) is 4.91. The zero-order valence-electron chi connectivity index (χ0n) is 6.05. The number of thioether (sulfide) groups is 1. The van der Waals surface area contributed by atoms with Crippen LogP contribution in [0.4, 0.5) is 0 Å². The molecule has 0 saturated carbocycles. The van der Waals surface area contributed by atoms with E-state index in [1.54, 1.807) is 0 Å². The number of nitrogens with one attached hydrogen (secondary N) is 1. The van der Waals surface area contributed by atoms with E-state index in [1.165, 1.54) is 0 Å². The van der Waals surface area contributed by atoms with E-state index in [1.807, 2.05) is 11.8 Å². The van der Waals surface area contributed by atoms with Gasteiger partial charge in [0.2, 0.25) is 0 Å². The summed E-state index contributed by atoms with van der Waals surface area (Å²) in [4.78, 5) is 0. The first-order valence-electron chi connectivity index (χ1n) is 3.42. The molecule has 2 N–H and O–H groups in total. The summed E-state index contributed by atoms with van der Waals surface area (Å²) in [5, 5.41) is 11.5. The van der Waals surface area contributed by atoms with Crippen molar-refractivity contribution in [3.63, 3.8) is 0 Å². The number of aliphatic hydroxyl groups is 1. The highest BCUT2D eigenvalue weighted by Gasteiger charge is 1.87. The number of hydrogen-bond acceptors (Lipinski definition) is 4. The second-order valence-corrected chi connectivity index (χ2v) is 3.39. The van der Waals surface area contributed by atoms with Crippen LogP contribution in [0.3, 0.4) is 0 Å². The molecule has 0 bridgehead atoms. The van der Waals surface area contributed by atoms with Crippen LogP contribution in [0.2, 0.25) is 0 Å². The fraction of sp³-hybridized carbons (Fsp3) is 1.00. The van der Waals surface area contributed by atoms with Crippen LogP contribution in [-0.2, 0) is 0 Å². The molecule has 0 aliphatic heterocycles. The van der Waals surface area contributed by atoms with Crippen molar-refractivity contribution < 1.29 is 5.11 Å². The van der Waals surface area contributed by atoms with E-state index in [2.05, 4.69) is 17.9 Å². The van der Waals surface area contributed by atoms with Crippen molar-refractivity contribution in [3.8, 4) is 0 Å². The molecule has 0 amide bonds. The van der Waals surface area contributed by atoms with Gasteiger partial charge in [0.1, 0.15) is 0 Å². The topological polar surface area (TPSA) is 32.3 Å². The molecule has 0 aromatic carbocycles. The molecule has 0 spiro atoms. The van der Waals surface area contributed by atoms with Crippen molar-refractivity contribution >= 4 is 24.4 Å². The number of hydrogen-bond donors (Lipinski definition) is 3. The minimum atomic E-state index is 0.312. The summed E-state index contributed by atoms with van der Waals surface area (Å²) in [6, 6.07) is 0. The average molecular weight is 181 g/mol. The average Bonchev–Trinajstić information content (AvgIpc) is 1.97. The summed E-state index contributed by atoms with van der Waals surface area (Å²) in [5.74, 6) is 2.92. The standard InChI is InChI=1S/C6H15NOS2/c8-3-1-4-10-5-2-7-6-9/h7-9H,1-6H2. The highest BCUT2D eigenvalue weighted by Crippen LogP contribution is 1.99. The second kappa shape index (κ2) is 9.62. The Kier molecular flexibility index (Phi) is 10.2. The maximum absolute atomic E-state index is 8.43. The van der Waals surface area contributed by atoms with Crippen molar-refractivity contribution in [2.24, 2.45) is 0 Å². The molecular weight excluding hydrogens is 166 g/mol. The molecule has 0 atom stereocenters. The summed E-state index contributed by atoms with van der Waals surface area (Å²) in [6.45, 7) is 1.33. The molecular formula is C6H15NOS2. The molecule has 0 radical (unpaired) electrons. The van der Waals surface area contributed by atoms with Gasteiger partial charge in [-0.1, -0.05) is 0 Å². The van der Waals surface area contributed by atoms with Gasteiger partial charge < -0.3 is 10.4 Å². The summed E-state index contributed by atoms with van der Waals surface area (Å²) < 4.78 is 0. The maximum Gasteiger partial charge on any atom is 0.0438 e. The molecule has 0 aromatic rings. The zero-order chi connectivity index (χ0) is 7.66. The molecule has 62 valence electrons. The minimum Gasteiger partial charge on any atom is -0.396 e. The minimum absolute atomic E-state index is 0.312. The third-order valence-electron chi connectivity index (χ3n) is 0.982. The molecule has 0 unspecified atom stereocenters. The molecule has 0 saturated heterocycles. The van der Waals surface area contributed by atoms with Gasteiger partial charge >= 0.3 is 0 Å². The van der Waals surface area contributed by atoms with Gasteiger partial charge in [0.25, 0.3) is 0 Å². The van der Waals surface area contributed by atoms with Crippen molar-refractivity contribution in [1.82, 2.24) is 5.32 Å². The van der Waals surface area contributed by atoms with Crippen molar-refractivity contribution in [1.29, 1.82) is 0 Å². The van der Waals surface area contributed by atoms with Crippen LogP contribution >= 0.6 is 24.4 Å². The lowest BCUT2D eigenvalue weighted by Crippen LogP contribution is -2.14. The fourth-order valence-corrected chi connectivity index (χ4v) is 1.48. The maximum atomic E-state index is 8.43. The first kappa shape index (κ1) is 10.6. The normalized spacial score (nSPS) is 10.2. The van der Waals surface area contributed by atoms with E-state index in [0.29, 0.717) is 6.61 Å². The molecule has 0 aromatic heterocycles. The van der Waals surface area contributed by atoms with E-state index in [4.69, 9.17) is 5.11 Å². The molecule has 0 rings (SSSR count). The van der Waals surface area contributed by atoms with Gasteiger partial charge in [-0.3, -0.25) is 0 Å². The van der Waals surface area contributed by atoms with Crippen molar-refractivity contribution in [2.75, 3.05) is 30.5 Å². The quantitative estimate of drug-likeness (QED) is 0.305. The number of aliphatic hydroxyl groups excluding tert-OH is 1. The third kappa shape index (κ3) is 8.62. The Morgan fingerprint density at radius 2 is 2.20 bits per heavy atom. The van der Waals surface area contributed by atoms with Crippen LogP contribution < -0.4 is 5.32 Å². The first-order valence-corrected chi connectivity index (χ1v) is 5.20. The molecule has 0 heterocycles. The van der Waals surface area contributed by atoms with Crippen molar-refractivity contribution in [3.05, 3.63) is 0 Å². The number of thiol groups is 1. The summed E-state index contributed by atoms with van der Waals surface area (Å²) >= 11 is 5.87. The third-order valence-corrected chi connectivity index (χ3v) is 2.28. The number of rotatable bonds is 7. The van der Waals surface area contributed by atoms with Crippen LogP contribution in [0, 0.1) is 0 Å². The predicted octanol–water partition coefficient (Wildman–Crippen LogP) is 0.579. The van der Waals surface area contributed by atoms with Crippen LogP contribution in [0.15, 0.2) is 0 Å². The Bertz CT molecular complexity index is 55.7. The lowest BCUT2D eigenvalue weighted by Gasteiger charge is -1.99. The zero-order valence-corrected chi connectivity index (χ0v) is 7.76. The fourth-order valence-electron chi connectivity index (χ4n) is 0.492. The Morgan fingerprint density at radius 3 is 2.80 bits per heavy atom. The monoisotopic (exact) mass is 181 g/mol. The smallest absolute Gasteiger partial charge is 0.0438 e. The van der Waals surface area contributed by atoms with Crippen molar-refractivity contribution in [2.45, 2.75) is 6.42 Å². The van der Waals surface area contributed by atoms with Crippen LogP contribution in [0.25, 0.3) is 0 Å². The summed E-state index contributed by atoms with van der Waals surface area (Å²) in [5.41, 5.74) is 0. The molecule has 10 heavy (non-hydrogen) atoms. The van der Waals surface area contributed by atoms with Gasteiger partial charge in [0, 0.05) is 24.8 Å². The van der Waals surface area contributed by atoms with Gasteiger partial charge in [0.05, 0.1) is 0 Å². The van der Waals surface area contributed by atoms with E-state index in [0.717, 1.165) is 30.3 Å². The Balaban J connectivity index is 2.65. The van der Waals surface area contributed by atoms with Gasteiger partial charge in [-0.2, -0.15) is 24.4 Å². The van der Waals surface area contributed by atoms with Gasteiger partial charge in [0.15, 0.2) is 0 Å². The lowest BCUT2D eigenvalue weighted by atomic mass is 10.5. The molecule has 2 nitrogen and oxygen atoms in total. The molecule has 0 aliphatic carbocycles. The van der Waals surface area contributed by atoms with Crippen LogP contribution in [0.5, 0.6) is 0 Å². The second-order valence-electron chi connectivity index (χ2n) is 1.85. The lowest BCUT2D eigenvalue weighted by molar-refractivity contribution is 0.296. The van der Waals surface area contributed by atoms with Gasteiger partial charge in [-0.05, 0) is 12.2 Å². The highest BCUT2D eigenvalue weighted by atomic mass is 32.2. The van der Waals surface area contributed by atoms with E-state index in [9.17, 15) is 0 Å².